The number of carbonyl (C=O) groups is 1. The van der Waals surface area contributed by atoms with Gasteiger partial charge >= 0.3 is 6.03 Å². The molecule has 5 nitrogen and oxygen atoms in total. The molecule has 0 spiro atoms. The lowest BCUT2D eigenvalue weighted by Crippen LogP contribution is -2.50. The van der Waals surface area contributed by atoms with E-state index >= 15 is 0 Å². The molecule has 1 fully saturated rings. The van der Waals surface area contributed by atoms with Gasteiger partial charge in [-0.1, -0.05) is 29.8 Å². The molecule has 5 heteroatoms. The molecule has 1 aliphatic heterocycles. The van der Waals surface area contributed by atoms with E-state index in [0.29, 0.717) is 18.7 Å². The van der Waals surface area contributed by atoms with Gasteiger partial charge < -0.3 is 15.1 Å². The van der Waals surface area contributed by atoms with Crippen molar-refractivity contribution in [3.8, 4) is 6.07 Å². The highest BCUT2D eigenvalue weighted by molar-refractivity contribution is 5.91. The van der Waals surface area contributed by atoms with Gasteiger partial charge in [-0.2, -0.15) is 5.26 Å². The molecule has 0 aliphatic carbocycles. The van der Waals surface area contributed by atoms with Crippen molar-refractivity contribution in [2.24, 2.45) is 0 Å². The van der Waals surface area contributed by atoms with Gasteiger partial charge in [0.25, 0.3) is 0 Å². The zero-order valence-corrected chi connectivity index (χ0v) is 15.5. The smallest absolute Gasteiger partial charge is 0.321 e. The molecule has 0 atom stereocenters. The molecule has 26 heavy (non-hydrogen) atoms. The van der Waals surface area contributed by atoms with Gasteiger partial charge in [-0.15, -0.1) is 0 Å². The van der Waals surface area contributed by atoms with E-state index in [1.165, 1.54) is 5.56 Å². The number of anilines is 2. The van der Waals surface area contributed by atoms with Crippen LogP contribution in [-0.2, 0) is 0 Å². The second-order valence-electron chi connectivity index (χ2n) is 6.81. The first-order valence-electron chi connectivity index (χ1n) is 8.87. The number of hydrogen-bond donors (Lipinski definition) is 1. The molecule has 0 saturated carbocycles. The molecule has 0 bridgehead atoms. The Morgan fingerprint density at radius 2 is 1.65 bits per heavy atom. The van der Waals surface area contributed by atoms with Crippen LogP contribution < -0.4 is 10.2 Å². The normalized spacial score (nSPS) is 14.1. The number of amides is 2. The van der Waals surface area contributed by atoms with Gasteiger partial charge in [0.2, 0.25) is 0 Å². The lowest BCUT2D eigenvalue weighted by atomic mass is 10.1. The molecule has 134 valence electrons. The highest BCUT2D eigenvalue weighted by Gasteiger charge is 2.23. The lowest BCUT2D eigenvalue weighted by Gasteiger charge is -2.36. The highest BCUT2D eigenvalue weighted by atomic mass is 16.2. The van der Waals surface area contributed by atoms with E-state index in [-0.39, 0.29) is 6.03 Å². The Bertz CT molecular complexity index is 838. The quantitative estimate of drug-likeness (QED) is 0.897. The van der Waals surface area contributed by atoms with Gasteiger partial charge in [-0.25, -0.2) is 4.79 Å². The molecule has 0 radical (unpaired) electrons. The first kappa shape index (κ1) is 17.8. The molecule has 1 saturated heterocycles. The first-order valence-corrected chi connectivity index (χ1v) is 8.87. The van der Waals surface area contributed by atoms with Crippen molar-refractivity contribution in [2.45, 2.75) is 20.8 Å². The Hall–Kier alpha value is -3.00. The van der Waals surface area contributed by atoms with Gasteiger partial charge in [0.1, 0.15) is 6.07 Å². The monoisotopic (exact) mass is 348 g/mol. The summed E-state index contributed by atoms with van der Waals surface area (Å²) in [5, 5.41) is 12.3. The van der Waals surface area contributed by atoms with Crippen LogP contribution in [0.3, 0.4) is 0 Å². The maximum absolute atomic E-state index is 12.7. The summed E-state index contributed by atoms with van der Waals surface area (Å²) in [6.45, 7) is 8.81. The Kier molecular flexibility index (Phi) is 5.13. The van der Waals surface area contributed by atoms with Crippen LogP contribution >= 0.6 is 0 Å². The standard InChI is InChI=1S/C21H24N4O/c1-15-12-16(2)20(17(3)13-15)23-21(26)25-10-8-24(9-11-25)19-7-5-4-6-18(19)14-22/h4-7,12-13H,8-11H2,1-3H3,(H,23,26). The molecule has 1 aliphatic rings. The number of carbonyl (C=O) groups excluding carboxylic acids is 1. The fraction of sp³-hybridized carbons (Fsp3) is 0.333. The van der Waals surface area contributed by atoms with E-state index in [9.17, 15) is 10.1 Å². The molecular weight excluding hydrogens is 324 g/mol. The summed E-state index contributed by atoms with van der Waals surface area (Å²) >= 11 is 0. The van der Waals surface area contributed by atoms with Crippen LogP contribution in [0.4, 0.5) is 16.2 Å². The fourth-order valence-corrected chi connectivity index (χ4v) is 3.56. The first-order chi connectivity index (χ1) is 12.5. The summed E-state index contributed by atoms with van der Waals surface area (Å²) in [4.78, 5) is 16.7. The minimum absolute atomic E-state index is 0.0618. The average Bonchev–Trinajstić information content (AvgIpc) is 2.64. The van der Waals surface area contributed by atoms with Crippen molar-refractivity contribution in [3.63, 3.8) is 0 Å². The summed E-state index contributed by atoms with van der Waals surface area (Å²) in [5.74, 6) is 0. The van der Waals surface area contributed by atoms with Gasteiger partial charge in [-0.05, 0) is 44.0 Å². The zero-order chi connectivity index (χ0) is 18.7. The molecule has 2 aromatic carbocycles. The molecule has 2 amide bonds. The number of para-hydroxylation sites is 1. The average molecular weight is 348 g/mol. The summed E-state index contributed by atoms with van der Waals surface area (Å²) in [7, 11) is 0. The highest BCUT2D eigenvalue weighted by Crippen LogP contribution is 2.24. The second kappa shape index (κ2) is 7.49. The summed E-state index contributed by atoms with van der Waals surface area (Å²) in [6, 6.07) is 14.0. The second-order valence-corrected chi connectivity index (χ2v) is 6.81. The summed E-state index contributed by atoms with van der Waals surface area (Å²) in [6.07, 6.45) is 0. The summed E-state index contributed by atoms with van der Waals surface area (Å²) < 4.78 is 0. The number of nitrogens with one attached hydrogen (secondary N) is 1. The third-order valence-corrected chi connectivity index (χ3v) is 4.84. The predicted octanol–water partition coefficient (Wildman–Crippen LogP) is 3.84. The molecule has 1 N–H and O–H groups in total. The minimum atomic E-state index is -0.0618. The number of piperazine rings is 1. The molecule has 3 rings (SSSR count). The largest absolute Gasteiger partial charge is 0.367 e. The number of rotatable bonds is 2. The number of nitrogens with zero attached hydrogens (tertiary/aromatic N) is 3. The van der Waals surface area contributed by atoms with E-state index in [4.69, 9.17) is 0 Å². The SMILES string of the molecule is Cc1cc(C)c(NC(=O)N2CCN(c3ccccc3C#N)CC2)c(C)c1. The molecule has 2 aromatic rings. The van der Waals surface area contributed by atoms with E-state index in [1.54, 1.807) is 0 Å². The van der Waals surface area contributed by atoms with Crippen molar-refractivity contribution in [2.75, 3.05) is 36.4 Å². The lowest BCUT2D eigenvalue weighted by molar-refractivity contribution is 0.208. The van der Waals surface area contributed by atoms with E-state index < -0.39 is 0 Å². The number of aryl methyl sites for hydroxylation is 3. The number of nitriles is 1. The van der Waals surface area contributed by atoms with Gasteiger partial charge in [0.15, 0.2) is 0 Å². The third-order valence-electron chi connectivity index (χ3n) is 4.84. The Labute approximate surface area is 154 Å². The van der Waals surface area contributed by atoms with E-state index in [2.05, 4.69) is 35.3 Å². The van der Waals surface area contributed by atoms with Crippen molar-refractivity contribution in [1.29, 1.82) is 5.26 Å². The maximum Gasteiger partial charge on any atom is 0.321 e. The Morgan fingerprint density at radius 1 is 1.04 bits per heavy atom. The molecule has 0 aromatic heterocycles. The maximum atomic E-state index is 12.7. The van der Waals surface area contributed by atoms with Crippen LogP contribution in [0.2, 0.25) is 0 Å². The van der Waals surface area contributed by atoms with E-state index in [0.717, 1.165) is 35.6 Å². The number of urea groups is 1. The predicted molar refractivity (Wildman–Crippen MR) is 105 cm³/mol. The molecular formula is C21H24N4O. The topological polar surface area (TPSA) is 59.4 Å². The van der Waals surface area contributed by atoms with E-state index in [1.807, 2.05) is 43.0 Å². The van der Waals surface area contributed by atoms with Crippen LogP contribution in [0.25, 0.3) is 0 Å². The van der Waals surface area contributed by atoms with Crippen LogP contribution in [0, 0.1) is 32.1 Å². The van der Waals surface area contributed by atoms with Crippen molar-refractivity contribution >= 4 is 17.4 Å². The fourth-order valence-electron chi connectivity index (χ4n) is 3.56. The summed E-state index contributed by atoms with van der Waals surface area (Å²) in [5.41, 5.74) is 5.88. The molecule has 0 unspecified atom stereocenters. The Morgan fingerprint density at radius 3 is 2.27 bits per heavy atom. The van der Waals surface area contributed by atoms with Crippen LogP contribution in [-0.4, -0.2) is 37.1 Å². The van der Waals surface area contributed by atoms with Gasteiger partial charge in [0, 0.05) is 31.9 Å². The Balaban J connectivity index is 1.65. The van der Waals surface area contributed by atoms with Crippen molar-refractivity contribution in [3.05, 3.63) is 58.7 Å². The zero-order valence-electron chi connectivity index (χ0n) is 15.5. The van der Waals surface area contributed by atoms with Crippen molar-refractivity contribution < 1.29 is 4.79 Å². The van der Waals surface area contributed by atoms with Crippen molar-refractivity contribution in [1.82, 2.24) is 4.90 Å². The number of benzene rings is 2. The molecule has 1 heterocycles. The number of hydrogen-bond acceptors (Lipinski definition) is 3. The minimum Gasteiger partial charge on any atom is -0.367 e. The van der Waals surface area contributed by atoms with Gasteiger partial charge in [-0.3, -0.25) is 0 Å². The van der Waals surface area contributed by atoms with Crippen LogP contribution in [0.15, 0.2) is 36.4 Å². The van der Waals surface area contributed by atoms with Gasteiger partial charge in [0.05, 0.1) is 11.3 Å². The van der Waals surface area contributed by atoms with Crippen LogP contribution in [0.5, 0.6) is 0 Å². The van der Waals surface area contributed by atoms with Crippen LogP contribution in [0.1, 0.15) is 22.3 Å². The third kappa shape index (κ3) is 3.65.